The third-order valence-corrected chi connectivity index (χ3v) is 3.75. The van der Waals surface area contributed by atoms with Crippen molar-refractivity contribution < 1.29 is 4.79 Å². The highest BCUT2D eigenvalue weighted by Gasteiger charge is 2.15. The van der Waals surface area contributed by atoms with Crippen LogP contribution in [0, 0.1) is 0 Å². The van der Waals surface area contributed by atoms with Gasteiger partial charge < -0.3 is 10.6 Å². The smallest absolute Gasteiger partial charge is 0.256 e. The average Bonchev–Trinajstić information content (AvgIpc) is 2.65. The Morgan fingerprint density at radius 3 is 2.65 bits per heavy atom. The lowest BCUT2D eigenvalue weighted by Crippen LogP contribution is -2.21. The molecule has 0 aliphatic carbocycles. The zero-order chi connectivity index (χ0) is 12.8. The first-order valence-electron chi connectivity index (χ1n) is 6.16. The van der Waals surface area contributed by atoms with Crippen LogP contribution in [0.5, 0.6) is 0 Å². The minimum atomic E-state index is -0.00134. The van der Waals surface area contributed by atoms with Gasteiger partial charge in [0.25, 0.3) is 5.91 Å². The van der Waals surface area contributed by atoms with Crippen molar-refractivity contribution in [3.8, 4) is 0 Å². The van der Waals surface area contributed by atoms with E-state index in [0.29, 0.717) is 10.6 Å². The number of nitrogens with two attached hydrogens (primary N) is 1. The molecule has 0 radical (unpaired) electrons. The Morgan fingerprint density at radius 1 is 1.35 bits per heavy atom. The molecular weight excluding hydrogens is 232 g/mol. The lowest BCUT2D eigenvalue weighted by Gasteiger charge is -2.08. The summed E-state index contributed by atoms with van der Waals surface area (Å²) in [4.78, 5) is 14.6. The quantitative estimate of drug-likeness (QED) is 0.793. The van der Waals surface area contributed by atoms with Crippen molar-refractivity contribution in [2.24, 2.45) is 0 Å². The summed E-state index contributed by atoms with van der Waals surface area (Å²) in [6, 6.07) is 1.95. The number of nitrogens with zero attached hydrogens (tertiary/aromatic N) is 1. The summed E-state index contributed by atoms with van der Waals surface area (Å²) in [6.45, 7) is 2.21. The highest BCUT2D eigenvalue weighted by Crippen LogP contribution is 2.27. The number of amides is 1. The number of nitrogen functional groups attached to an aromatic ring is 1. The molecule has 96 valence electrons. The van der Waals surface area contributed by atoms with E-state index in [1.165, 1.54) is 30.6 Å². The van der Waals surface area contributed by atoms with E-state index in [0.717, 1.165) is 6.42 Å². The highest BCUT2D eigenvalue weighted by atomic mass is 32.1. The number of rotatable bonds is 6. The van der Waals surface area contributed by atoms with Crippen LogP contribution >= 0.6 is 11.3 Å². The largest absolute Gasteiger partial charge is 0.390 e. The number of carbonyl (C=O) groups is 1. The molecule has 2 N–H and O–H groups in total. The van der Waals surface area contributed by atoms with Gasteiger partial charge >= 0.3 is 0 Å². The molecule has 0 aromatic carbocycles. The maximum Gasteiger partial charge on any atom is 0.256 e. The molecule has 0 bridgehead atoms. The van der Waals surface area contributed by atoms with Crippen LogP contribution in [0.2, 0.25) is 0 Å². The van der Waals surface area contributed by atoms with Gasteiger partial charge in [0.2, 0.25) is 0 Å². The second-order valence-electron chi connectivity index (χ2n) is 4.50. The zero-order valence-electron chi connectivity index (χ0n) is 11.0. The first-order chi connectivity index (χ1) is 8.06. The second kappa shape index (κ2) is 6.64. The molecule has 1 aromatic rings. The molecule has 0 saturated carbocycles. The molecule has 17 heavy (non-hydrogen) atoms. The fourth-order valence-corrected chi connectivity index (χ4v) is 2.68. The number of anilines is 1. The van der Waals surface area contributed by atoms with Gasteiger partial charge in [-0.05, 0) is 18.9 Å². The summed E-state index contributed by atoms with van der Waals surface area (Å²) >= 11 is 1.55. The van der Waals surface area contributed by atoms with Crippen LogP contribution in [0.15, 0.2) is 6.07 Å². The van der Waals surface area contributed by atoms with Gasteiger partial charge in [0.1, 0.15) is 0 Å². The van der Waals surface area contributed by atoms with Crippen molar-refractivity contribution >= 4 is 22.2 Å². The number of thiophene rings is 1. The number of carbonyl (C=O) groups excluding carboxylic acids is 1. The van der Waals surface area contributed by atoms with Crippen LogP contribution < -0.4 is 5.73 Å². The zero-order valence-corrected chi connectivity index (χ0v) is 11.8. The predicted octanol–water partition coefficient (Wildman–Crippen LogP) is 3.15. The van der Waals surface area contributed by atoms with E-state index in [-0.39, 0.29) is 5.91 Å². The van der Waals surface area contributed by atoms with Crippen molar-refractivity contribution in [2.45, 2.75) is 39.0 Å². The van der Waals surface area contributed by atoms with Crippen molar-refractivity contribution in [1.29, 1.82) is 0 Å². The Kier molecular flexibility index (Phi) is 5.48. The molecule has 3 nitrogen and oxygen atoms in total. The predicted molar refractivity (Wildman–Crippen MR) is 74.6 cm³/mol. The van der Waals surface area contributed by atoms with Crippen LogP contribution in [-0.4, -0.2) is 24.9 Å². The topological polar surface area (TPSA) is 46.3 Å². The lowest BCUT2D eigenvalue weighted by molar-refractivity contribution is 0.0829. The van der Waals surface area contributed by atoms with E-state index in [1.807, 2.05) is 6.07 Å². The van der Waals surface area contributed by atoms with E-state index >= 15 is 0 Å². The van der Waals surface area contributed by atoms with Crippen LogP contribution in [0.1, 0.15) is 47.8 Å². The van der Waals surface area contributed by atoms with Crippen LogP contribution in [0.4, 0.5) is 5.00 Å². The molecule has 0 aliphatic rings. The van der Waals surface area contributed by atoms with Gasteiger partial charge in [-0.25, -0.2) is 0 Å². The number of hydrogen-bond acceptors (Lipinski definition) is 3. The molecule has 0 atom stereocenters. The third kappa shape index (κ3) is 4.04. The Morgan fingerprint density at radius 2 is 2.06 bits per heavy atom. The molecule has 1 heterocycles. The monoisotopic (exact) mass is 254 g/mol. The average molecular weight is 254 g/mol. The molecule has 0 aliphatic heterocycles. The Labute approximate surface area is 108 Å². The van der Waals surface area contributed by atoms with E-state index in [1.54, 1.807) is 30.3 Å². The van der Waals surface area contributed by atoms with Gasteiger partial charge in [-0.3, -0.25) is 4.79 Å². The maximum atomic E-state index is 11.8. The Bertz CT molecular complexity index is 371. The molecule has 1 aromatic heterocycles. The first kappa shape index (κ1) is 14.0. The Balaban J connectivity index is 2.59. The molecule has 0 spiro atoms. The second-order valence-corrected chi connectivity index (χ2v) is 5.67. The Hall–Kier alpha value is -1.03. The minimum absolute atomic E-state index is 0.00134. The van der Waals surface area contributed by atoms with Gasteiger partial charge in [-0.2, -0.15) is 0 Å². The summed E-state index contributed by atoms with van der Waals surface area (Å²) in [5.41, 5.74) is 6.54. The molecule has 0 unspecified atom stereocenters. The van der Waals surface area contributed by atoms with E-state index < -0.39 is 0 Å². The van der Waals surface area contributed by atoms with Gasteiger partial charge in [0.05, 0.1) is 10.6 Å². The fourth-order valence-electron chi connectivity index (χ4n) is 1.72. The van der Waals surface area contributed by atoms with Gasteiger partial charge in [0.15, 0.2) is 0 Å². The standard InChI is InChI=1S/C13H22N2OS/c1-4-5-6-7-8-10-9-11(12(14)17-10)13(16)15(2)3/h9H,4-8,14H2,1-3H3. The van der Waals surface area contributed by atoms with Crippen LogP contribution in [0.25, 0.3) is 0 Å². The van der Waals surface area contributed by atoms with Crippen molar-refractivity contribution in [2.75, 3.05) is 19.8 Å². The lowest BCUT2D eigenvalue weighted by atomic mass is 10.1. The van der Waals surface area contributed by atoms with Crippen LogP contribution in [0.3, 0.4) is 0 Å². The van der Waals surface area contributed by atoms with E-state index in [9.17, 15) is 4.79 Å². The molecule has 1 amide bonds. The summed E-state index contributed by atoms with van der Waals surface area (Å²) in [6.07, 6.45) is 6.01. The molecule has 0 saturated heterocycles. The van der Waals surface area contributed by atoms with Gasteiger partial charge in [0, 0.05) is 19.0 Å². The minimum Gasteiger partial charge on any atom is -0.390 e. The third-order valence-electron chi connectivity index (χ3n) is 2.73. The van der Waals surface area contributed by atoms with Crippen LogP contribution in [-0.2, 0) is 6.42 Å². The van der Waals surface area contributed by atoms with Crippen molar-refractivity contribution in [3.63, 3.8) is 0 Å². The summed E-state index contributed by atoms with van der Waals surface area (Å²) in [5, 5.41) is 0.647. The normalized spacial score (nSPS) is 10.5. The van der Waals surface area contributed by atoms with Crippen molar-refractivity contribution in [3.05, 3.63) is 16.5 Å². The van der Waals surface area contributed by atoms with Crippen molar-refractivity contribution in [1.82, 2.24) is 4.90 Å². The summed E-state index contributed by atoms with van der Waals surface area (Å²) in [7, 11) is 3.50. The number of unbranched alkanes of at least 4 members (excludes halogenated alkanes) is 3. The van der Waals surface area contributed by atoms with E-state index in [2.05, 4.69) is 6.92 Å². The summed E-state index contributed by atoms with van der Waals surface area (Å²) < 4.78 is 0. The highest BCUT2D eigenvalue weighted by molar-refractivity contribution is 7.16. The number of aryl methyl sites for hydroxylation is 1. The molecule has 0 fully saturated rings. The maximum absolute atomic E-state index is 11.8. The number of hydrogen-bond donors (Lipinski definition) is 1. The fraction of sp³-hybridized carbons (Fsp3) is 0.615. The SMILES string of the molecule is CCCCCCc1cc(C(=O)N(C)C)c(N)s1. The van der Waals surface area contributed by atoms with Gasteiger partial charge in [-0.15, -0.1) is 11.3 Å². The molecule has 4 heteroatoms. The van der Waals surface area contributed by atoms with E-state index in [4.69, 9.17) is 5.73 Å². The molecular formula is C13H22N2OS. The molecule has 1 rings (SSSR count). The first-order valence-corrected chi connectivity index (χ1v) is 6.97. The summed E-state index contributed by atoms with van der Waals surface area (Å²) in [5.74, 6) is -0.00134. The van der Waals surface area contributed by atoms with Gasteiger partial charge in [-0.1, -0.05) is 26.2 Å².